The molecule has 194 valence electrons. The van der Waals surface area contributed by atoms with Crippen LogP contribution >= 0.6 is 0 Å². The first kappa shape index (κ1) is 30.5. The highest BCUT2D eigenvalue weighted by molar-refractivity contribution is 5.96. The van der Waals surface area contributed by atoms with E-state index in [1.807, 2.05) is 0 Å². The van der Waals surface area contributed by atoms with Gasteiger partial charge in [-0.05, 0) is 26.7 Å². The number of nitrogens with one attached hydrogen (secondary N) is 3. The van der Waals surface area contributed by atoms with Gasteiger partial charge in [-0.2, -0.15) is 0 Å². The maximum absolute atomic E-state index is 12.6. The van der Waals surface area contributed by atoms with Crippen LogP contribution in [0, 0.1) is 0 Å². The molecule has 16 nitrogen and oxygen atoms in total. The van der Waals surface area contributed by atoms with Gasteiger partial charge in [-0.1, -0.05) is 0 Å². The molecule has 14 N–H and O–H groups in total. The zero-order valence-electron chi connectivity index (χ0n) is 18.9. The SMILES string of the molecule is CC(O)C(N)C(=O)NC(C(=O)NC(CC(N)=O)C(=O)NC(CCCN=C(N)N)C(=O)O)C(C)O. The van der Waals surface area contributed by atoms with E-state index in [1.54, 1.807) is 0 Å². The Morgan fingerprint density at radius 1 is 0.853 bits per heavy atom. The number of aliphatic carboxylic acids is 1. The highest BCUT2D eigenvalue weighted by Gasteiger charge is 2.33. The largest absolute Gasteiger partial charge is 0.480 e. The smallest absolute Gasteiger partial charge is 0.326 e. The van der Waals surface area contributed by atoms with Crippen LogP contribution in [0.5, 0.6) is 0 Å². The number of guanidine groups is 1. The molecule has 0 fully saturated rings. The number of nitrogens with two attached hydrogens (primary N) is 4. The van der Waals surface area contributed by atoms with Crippen LogP contribution in [0.2, 0.25) is 0 Å². The van der Waals surface area contributed by atoms with E-state index in [9.17, 15) is 39.3 Å². The number of carboxylic acid groups (broad SMARTS) is 1. The van der Waals surface area contributed by atoms with Crippen molar-refractivity contribution in [2.75, 3.05) is 6.54 Å². The lowest BCUT2D eigenvalue weighted by Gasteiger charge is -2.26. The molecule has 0 bridgehead atoms. The van der Waals surface area contributed by atoms with Crippen LogP contribution in [-0.4, -0.2) is 93.8 Å². The molecule has 0 aromatic carbocycles. The van der Waals surface area contributed by atoms with Gasteiger partial charge in [-0.3, -0.25) is 24.2 Å². The summed E-state index contributed by atoms with van der Waals surface area (Å²) in [6.07, 6.45) is -3.30. The van der Waals surface area contributed by atoms with Gasteiger partial charge in [0.15, 0.2) is 5.96 Å². The number of carbonyl (C=O) groups excluding carboxylic acids is 4. The summed E-state index contributed by atoms with van der Waals surface area (Å²) in [6, 6.07) is -6.04. The quantitative estimate of drug-likeness (QED) is 0.0586. The van der Waals surface area contributed by atoms with E-state index in [4.69, 9.17) is 22.9 Å². The molecule has 6 unspecified atom stereocenters. The van der Waals surface area contributed by atoms with E-state index in [0.29, 0.717) is 0 Å². The number of rotatable bonds is 15. The monoisotopic (exact) mass is 490 g/mol. The molecular weight excluding hydrogens is 456 g/mol. The van der Waals surface area contributed by atoms with E-state index in [-0.39, 0.29) is 25.3 Å². The summed E-state index contributed by atoms with van der Waals surface area (Å²) in [5.74, 6) is -5.65. The van der Waals surface area contributed by atoms with Gasteiger partial charge in [-0.15, -0.1) is 0 Å². The fourth-order valence-electron chi connectivity index (χ4n) is 2.58. The Balaban J connectivity index is 5.42. The molecule has 0 spiro atoms. The van der Waals surface area contributed by atoms with Gasteiger partial charge in [0, 0.05) is 6.54 Å². The van der Waals surface area contributed by atoms with Crippen molar-refractivity contribution in [1.82, 2.24) is 16.0 Å². The molecule has 16 heteroatoms. The van der Waals surface area contributed by atoms with Crippen LogP contribution < -0.4 is 38.9 Å². The minimum absolute atomic E-state index is 0.0708. The predicted molar refractivity (Wildman–Crippen MR) is 118 cm³/mol. The van der Waals surface area contributed by atoms with Crippen LogP contribution in [0.15, 0.2) is 4.99 Å². The van der Waals surface area contributed by atoms with Gasteiger partial charge >= 0.3 is 5.97 Å². The fraction of sp³-hybridized carbons (Fsp3) is 0.667. The first-order valence-electron chi connectivity index (χ1n) is 10.3. The van der Waals surface area contributed by atoms with Gasteiger partial charge in [-0.25, -0.2) is 4.79 Å². The normalized spacial score (nSPS) is 16.0. The van der Waals surface area contributed by atoms with Crippen molar-refractivity contribution in [3.8, 4) is 0 Å². The minimum atomic E-state index is -1.62. The maximum atomic E-state index is 12.6. The molecule has 0 rings (SSSR count). The van der Waals surface area contributed by atoms with Crippen molar-refractivity contribution >= 4 is 35.6 Å². The van der Waals surface area contributed by atoms with Crippen molar-refractivity contribution in [3.63, 3.8) is 0 Å². The number of amides is 4. The summed E-state index contributed by atoms with van der Waals surface area (Å²) in [6.45, 7) is 2.51. The zero-order chi connectivity index (χ0) is 26.6. The van der Waals surface area contributed by atoms with E-state index >= 15 is 0 Å². The number of primary amides is 1. The molecule has 6 atom stereocenters. The van der Waals surface area contributed by atoms with Crippen molar-refractivity contribution < 1.29 is 39.3 Å². The third kappa shape index (κ3) is 11.4. The summed E-state index contributed by atoms with van der Waals surface area (Å²) < 4.78 is 0. The topological polar surface area (TPSA) is 299 Å². The molecule has 0 aromatic rings. The number of hydrogen-bond donors (Lipinski definition) is 10. The van der Waals surface area contributed by atoms with E-state index in [1.165, 1.54) is 13.8 Å². The van der Waals surface area contributed by atoms with Gasteiger partial charge in [0.25, 0.3) is 0 Å². The molecule has 0 heterocycles. The average Bonchev–Trinajstić information content (AvgIpc) is 2.71. The Kier molecular flexibility index (Phi) is 13.1. The van der Waals surface area contributed by atoms with Crippen molar-refractivity contribution in [1.29, 1.82) is 0 Å². The second-order valence-corrected chi connectivity index (χ2v) is 7.57. The number of aliphatic hydroxyl groups is 2. The lowest BCUT2D eigenvalue weighted by molar-refractivity contribution is -0.142. The standard InChI is InChI=1S/C18H34N8O8/c1-7(27)12(20)15(31)26-13(8(2)28)16(32)25-10(6-11(19)29)14(30)24-9(17(33)34)4-3-5-23-18(21)22/h7-10,12-13,27-28H,3-6,20H2,1-2H3,(H2,19,29)(H,24,30)(H,25,32)(H,26,31)(H,33,34)(H4,21,22,23). The van der Waals surface area contributed by atoms with Crippen molar-refractivity contribution in [2.45, 2.75) is 69.5 Å². The second kappa shape index (κ2) is 14.6. The number of carbonyl (C=O) groups is 5. The summed E-state index contributed by atoms with van der Waals surface area (Å²) in [5.41, 5.74) is 21.0. The van der Waals surface area contributed by atoms with E-state index in [2.05, 4.69) is 20.9 Å². The molecule has 0 aliphatic rings. The molecule has 0 aromatic heterocycles. The summed E-state index contributed by atoms with van der Waals surface area (Å²) in [5, 5.41) is 35.1. The third-order valence-corrected chi connectivity index (χ3v) is 4.48. The van der Waals surface area contributed by atoms with Crippen molar-refractivity contribution in [3.05, 3.63) is 0 Å². The Labute approximate surface area is 195 Å². The predicted octanol–water partition coefficient (Wildman–Crippen LogP) is -5.46. The third-order valence-electron chi connectivity index (χ3n) is 4.48. The first-order valence-corrected chi connectivity index (χ1v) is 10.3. The summed E-state index contributed by atoms with van der Waals surface area (Å²) >= 11 is 0. The molecule has 0 radical (unpaired) electrons. The number of carboxylic acids is 1. The molecule has 0 aliphatic heterocycles. The van der Waals surface area contributed by atoms with Gasteiger partial charge < -0.3 is 54.2 Å². The van der Waals surface area contributed by atoms with Crippen LogP contribution in [0.1, 0.15) is 33.1 Å². The molecule has 0 aliphatic carbocycles. The lowest BCUT2D eigenvalue weighted by Crippen LogP contribution is -2.61. The molecular formula is C18H34N8O8. The number of nitrogens with zero attached hydrogens (tertiary/aromatic N) is 1. The molecule has 34 heavy (non-hydrogen) atoms. The van der Waals surface area contributed by atoms with Gasteiger partial charge in [0.05, 0.1) is 18.6 Å². The summed E-state index contributed by atoms with van der Waals surface area (Å²) in [7, 11) is 0. The molecule has 0 saturated heterocycles. The van der Waals surface area contributed by atoms with Crippen LogP contribution in [-0.2, 0) is 24.0 Å². The highest BCUT2D eigenvalue weighted by atomic mass is 16.4. The van der Waals surface area contributed by atoms with E-state index in [0.717, 1.165) is 0 Å². The van der Waals surface area contributed by atoms with Crippen LogP contribution in [0.4, 0.5) is 0 Å². The Bertz CT molecular complexity index is 769. The van der Waals surface area contributed by atoms with Crippen molar-refractivity contribution in [2.24, 2.45) is 27.9 Å². The maximum Gasteiger partial charge on any atom is 0.326 e. The molecule has 4 amide bonds. The first-order chi connectivity index (χ1) is 15.7. The zero-order valence-corrected chi connectivity index (χ0v) is 18.9. The van der Waals surface area contributed by atoms with Crippen LogP contribution in [0.25, 0.3) is 0 Å². The second-order valence-electron chi connectivity index (χ2n) is 7.57. The Morgan fingerprint density at radius 3 is 1.85 bits per heavy atom. The Morgan fingerprint density at radius 2 is 1.41 bits per heavy atom. The highest BCUT2D eigenvalue weighted by Crippen LogP contribution is 2.03. The average molecular weight is 491 g/mol. The fourth-order valence-corrected chi connectivity index (χ4v) is 2.58. The number of aliphatic imine (C=N–C) groups is 1. The van der Waals surface area contributed by atoms with E-state index < -0.39 is 72.4 Å². The number of hydrogen-bond acceptors (Lipinski definition) is 9. The summed E-state index contributed by atoms with van der Waals surface area (Å²) in [4.78, 5) is 63.9. The molecule has 0 saturated carbocycles. The minimum Gasteiger partial charge on any atom is -0.480 e. The Hall–Kier alpha value is -3.50. The van der Waals surface area contributed by atoms with Gasteiger partial charge in [0.1, 0.15) is 24.2 Å². The number of aliphatic hydroxyl groups excluding tert-OH is 2. The van der Waals surface area contributed by atoms with Gasteiger partial charge in [0.2, 0.25) is 23.6 Å². The lowest BCUT2D eigenvalue weighted by atomic mass is 10.1. The van der Waals surface area contributed by atoms with Crippen LogP contribution in [0.3, 0.4) is 0 Å².